The van der Waals surface area contributed by atoms with Gasteiger partial charge in [0.05, 0.1) is 32.5 Å². The smallest absolute Gasteiger partial charge is 0.287 e. The minimum atomic E-state index is -0.534. The monoisotopic (exact) mass is 377 g/mol. The lowest BCUT2D eigenvalue weighted by atomic mass is 10.1. The number of rotatable bonds is 8. The summed E-state index contributed by atoms with van der Waals surface area (Å²) in [5.74, 6) is -1.86. The van der Waals surface area contributed by atoms with E-state index in [9.17, 15) is 18.8 Å². The van der Waals surface area contributed by atoms with Gasteiger partial charge in [0.15, 0.2) is 17.3 Å². The first-order chi connectivity index (χ1) is 12.9. The molecule has 0 fully saturated rings. The molecule has 3 amide bonds. The quantitative estimate of drug-likeness (QED) is 0.639. The standard InChI is InChI=1S/C18H20FN3O5/c1-11(12-5-6-14(26-2)13(19)8-12)22-17(24)10-20-16(23)9-21-18(25)15-4-3-7-27-15/h3-8,11H,9-10H2,1-2H3,(H,20,23)(H,21,25)(H,22,24)/t11-/m1/s1. The second-order valence-electron chi connectivity index (χ2n) is 5.62. The number of carbonyl (C=O) groups is 3. The van der Waals surface area contributed by atoms with Crippen LogP contribution in [0.3, 0.4) is 0 Å². The van der Waals surface area contributed by atoms with Crippen LogP contribution in [0.15, 0.2) is 41.0 Å². The second kappa shape index (κ2) is 9.37. The van der Waals surface area contributed by atoms with Gasteiger partial charge in [-0.1, -0.05) is 6.07 Å². The molecule has 0 aliphatic rings. The van der Waals surface area contributed by atoms with Crippen LogP contribution in [-0.2, 0) is 9.59 Å². The van der Waals surface area contributed by atoms with Gasteiger partial charge < -0.3 is 25.1 Å². The van der Waals surface area contributed by atoms with E-state index < -0.39 is 29.6 Å². The fourth-order valence-corrected chi connectivity index (χ4v) is 2.22. The number of furan rings is 1. The van der Waals surface area contributed by atoms with E-state index in [-0.39, 0.29) is 24.6 Å². The van der Waals surface area contributed by atoms with Crippen LogP contribution in [-0.4, -0.2) is 37.9 Å². The van der Waals surface area contributed by atoms with Gasteiger partial charge in [0.2, 0.25) is 11.8 Å². The lowest BCUT2D eigenvalue weighted by molar-refractivity contribution is -0.125. The lowest BCUT2D eigenvalue weighted by Crippen LogP contribution is -2.42. The number of ether oxygens (including phenoxy) is 1. The maximum absolute atomic E-state index is 13.7. The zero-order valence-corrected chi connectivity index (χ0v) is 14.9. The summed E-state index contributed by atoms with van der Waals surface area (Å²) in [5, 5.41) is 7.38. The molecule has 2 rings (SSSR count). The van der Waals surface area contributed by atoms with Crippen molar-refractivity contribution in [1.29, 1.82) is 0 Å². The van der Waals surface area contributed by atoms with Crippen molar-refractivity contribution in [2.24, 2.45) is 0 Å². The summed E-state index contributed by atoms with van der Waals surface area (Å²) in [4.78, 5) is 35.2. The maximum atomic E-state index is 13.7. The van der Waals surface area contributed by atoms with Crippen LogP contribution in [0.25, 0.3) is 0 Å². The average molecular weight is 377 g/mol. The van der Waals surface area contributed by atoms with E-state index in [0.29, 0.717) is 5.56 Å². The van der Waals surface area contributed by atoms with Gasteiger partial charge in [-0.05, 0) is 36.8 Å². The Morgan fingerprint density at radius 3 is 2.52 bits per heavy atom. The van der Waals surface area contributed by atoms with Crippen molar-refractivity contribution in [1.82, 2.24) is 16.0 Å². The molecule has 1 aromatic carbocycles. The molecule has 8 nitrogen and oxygen atoms in total. The summed E-state index contributed by atoms with van der Waals surface area (Å²) in [6.45, 7) is 1.11. The van der Waals surface area contributed by atoms with Crippen molar-refractivity contribution in [3.8, 4) is 5.75 Å². The molecule has 0 aliphatic heterocycles. The molecule has 2 aromatic rings. The summed E-state index contributed by atoms with van der Waals surface area (Å²) in [6.07, 6.45) is 1.34. The Bertz CT molecular complexity index is 807. The van der Waals surface area contributed by atoms with Crippen molar-refractivity contribution in [2.75, 3.05) is 20.2 Å². The number of benzene rings is 1. The second-order valence-corrected chi connectivity index (χ2v) is 5.62. The van der Waals surface area contributed by atoms with Crippen LogP contribution in [0.5, 0.6) is 5.75 Å². The molecular weight excluding hydrogens is 357 g/mol. The fourth-order valence-electron chi connectivity index (χ4n) is 2.22. The number of methoxy groups -OCH3 is 1. The van der Waals surface area contributed by atoms with Crippen LogP contribution >= 0.6 is 0 Å². The minimum Gasteiger partial charge on any atom is -0.494 e. The highest BCUT2D eigenvalue weighted by molar-refractivity contribution is 5.94. The van der Waals surface area contributed by atoms with Gasteiger partial charge in [0, 0.05) is 0 Å². The van der Waals surface area contributed by atoms with E-state index in [4.69, 9.17) is 9.15 Å². The van der Waals surface area contributed by atoms with Gasteiger partial charge >= 0.3 is 0 Å². The van der Waals surface area contributed by atoms with Gasteiger partial charge in [-0.15, -0.1) is 0 Å². The third kappa shape index (κ3) is 5.84. The van der Waals surface area contributed by atoms with E-state index in [1.54, 1.807) is 19.1 Å². The zero-order chi connectivity index (χ0) is 19.8. The van der Waals surface area contributed by atoms with Crippen LogP contribution < -0.4 is 20.7 Å². The zero-order valence-electron chi connectivity index (χ0n) is 14.9. The lowest BCUT2D eigenvalue weighted by Gasteiger charge is -2.15. The number of halogens is 1. The molecule has 0 unspecified atom stereocenters. The summed E-state index contributed by atoms with van der Waals surface area (Å²) >= 11 is 0. The minimum absolute atomic E-state index is 0.0843. The normalized spacial score (nSPS) is 11.4. The van der Waals surface area contributed by atoms with Crippen molar-refractivity contribution in [3.63, 3.8) is 0 Å². The summed E-state index contributed by atoms with van der Waals surface area (Å²) < 4.78 is 23.5. The predicted molar refractivity (Wildman–Crippen MR) is 93.6 cm³/mol. The molecule has 1 heterocycles. The van der Waals surface area contributed by atoms with Crippen LogP contribution in [0.4, 0.5) is 4.39 Å². The molecule has 0 bridgehead atoms. The molecule has 1 aromatic heterocycles. The fraction of sp³-hybridized carbons (Fsp3) is 0.278. The number of carbonyl (C=O) groups excluding carboxylic acids is 3. The number of hydrogen-bond donors (Lipinski definition) is 3. The topological polar surface area (TPSA) is 110 Å². The van der Waals surface area contributed by atoms with E-state index in [0.717, 1.165) is 0 Å². The Balaban J connectivity index is 1.74. The van der Waals surface area contributed by atoms with Gasteiger partial charge in [0.25, 0.3) is 5.91 Å². The van der Waals surface area contributed by atoms with Gasteiger partial charge in [-0.3, -0.25) is 14.4 Å². The Morgan fingerprint density at radius 1 is 1.15 bits per heavy atom. The summed E-state index contributed by atoms with van der Waals surface area (Å²) in [5.41, 5.74) is 0.554. The van der Waals surface area contributed by atoms with E-state index in [1.165, 1.54) is 31.6 Å². The van der Waals surface area contributed by atoms with Gasteiger partial charge in [-0.2, -0.15) is 0 Å². The Labute approximate surface area is 155 Å². The highest BCUT2D eigenvalue weighted by atomic mass is 19.1. The number of hydrogen-bond acceptors (Lipinski definition) is 5. The van der Waals surface area contributed by atoms with Crippen LogP contribution in [0, 0.1) is 5.82 Å². The molecule has 0 radical (unpaired) electrons. The van der Waals surface area contributed by atoms with Gasteiger partial charge in [0.1, 0.15) is 0 Å². The third-order valence-electron chi connectivity index (χ3n) is 3.65. The number of nitrogens with one attached hydrogen (secondary N) is 3. The van der Waals surface area contributed by atoms with Crippen LogP contribution in [0.1, 0.15) is 29.1 Å². The van der Waals surface area contributed by atoms with Crippen molar-refractivity contribution in [2.45, 2.75) is 13.0 Å². The molecule has 0 saturated heterocycles. The average Bonchev–Trinajstić information content (AvgIpc) is 3.19. The van der Waals surface area contributed by atoms with Crippen molar-refractivity contribution >= 4 is 17.7 Å². The third-order valence-corrected chi connectivity index (χ3v) is 3.65. The molecule has 0 saturated carbocycles. The predicted octanol–water partition coefficient (Wildman–Crippen LogP) is 1.15. The highest BCUT2D eigenvalue weighted by Crippen LogP contribution is 2.21. The highest BCUT2D eigenvalue weighted by Gasteiger charge is 2.14. The molecular formula is C18H20FN3O5. The van der Waals surface area contributed by atoms with E-state index in [1.807, 2.05) is 0 Å². The molecule has 9 heteroatoms. The first-order valence-electron chi connectivity index (χ1n) is 8.12. The largest absolute Gasteiger partial charge is 0.494 e. The first kappa shape index (κ1) is 20.0. The summed E-state index contributed by atoms with van der Waals surface area (Å²) in [7, 11) is 1.36. The van der Waals surface area contributed by atoms with E-state index >= 15 is 0 Å². The number of amides is 3. The molecule has 3 N–H and O–H groups in total. The Morgan fingerprint density at radius 2 is 1.89 bits per heavy atom. The Kier molecular flexibility index (Phi) is 6.93. The molecule has 0 spiro atoms. The first-order valence-corrected chi connectivity index (χ1v) is 8.12. The Hall–Kier alpha value is -3.36. The van der Waals surface area contributed by atoms with Crippen LogP contribution in [0.2, 0.25) is 0 Å². The van der Waals surface area contributed by atoms with Crippen molar-refractivity contribution < 1.29 is 27.9 Å². The molecule has 1 atom stereocenters. The van der Waals surface area contributed by atoms with E-state index in [2.05, 4.69) is 16.0 Å². The van der Waals surface area contributed by atoms with Crippen molar-refractivity contribution in [3.05, 3.63) is 53.7 Å². The summed E-state index contributed by atoms with van der Waals surface area (Å²) in [6, 6.07) is 6.92. The molecule has 0 aliphatic carbocycles. The molecule has 27 heavy (non-hydrogen) atoms. The van der Waals surface area contributed by atoms with Gasteiger partial charge in [-0.25, -0.2) is 4.39 Å². The maximum Gasteiger partial charge on any atom is 0.287 e. The SMILES string of the molecule is COc1ccc([C@@H](C)NC(=O)CNC(=O)CNC(=O)c2ccco2)cc1F. The molecule has 144 valence electrons.